The molecule has 0 aromatic carbocycles. The molecule has 0 spiro atoms. The Balaban J connectivity index is 2.01. The summed E-state index contributed by atoms with van der Waals surface area (Å²) in [5.41, 5.74) is 2.08. The van der Waals surface area contributed by atoms with E-state index in [1.165, 1.54) is 6.42 Å². The second kappa shape index (κ2) is 3.42. The molecule has 0 bridgehead atoms. The van der Waals surface area contributed by atoms with Gasteiger partial charge in [0.1, 0.15) is 11.0 Å². The molecule has 3 nitrogen and oxygen atoms in total. The van der Waals surface area contributed by atoms with Crippen LogP contribution in [0.5, 0.6) is 0 Å². The van der Waals surface area contributed by atoms with Crippen LogP contribution in [0.25, 0.3) is 0 Å². The van der Waals surface area contributed by atoms with Gasteiger partial charge in [0, 0.05) is 17.9 Å². The fourth-order valence-corrected chi connectivity index (χ4v) is 2.31. The topological polar surface area (TPSA) is 35.0 Å². The van der Waals surface area contributed by atoms with E-state index in [-0.39, 0.29) is 0 Å². The zero-order valence-electron chi connectivity index (χ0n) is 8.66. The molecule has 2 aliphatic rings. The van der Waals surface area contributed by atoms with E-state index in [9.17, 15) is 0 Å². The Bertz CT molecular complexity index is 408. The summed E-state index contributed by atoms with van der Waals surface area (Å²) < 4.78 is 5.35. The van der Waals surface area contributed by atoms with Crippen LogP contribution >= 0.6 is 11.6 Å². The predicted octanol–water partition coefficient (Wildman–Crippen LogP) is 2.33. The van der Waals surface area contributed by atoms with Gasteiger partial charge in [-0.05, 0) is 12.3 Å². The second-order valence-corrected chi connectivity index (χ2v) is 4.78. The van der Waals surface area contributed by atoms with Crippen LogP contribution in [0.3, 0.4) is 0 Å². The summed E-state index contributed by atoms with van der Waals surface area (Å²) in [6, 6.07) is 0. The third-order valence-electron chi connectivity index (χ3n) is 3.23. The molecule has 2 atom stereocenters. The summed E-state index contributed by atoms with van der Waals surface area (Å²) in [6.07, 6.45) is 2.07. The molecule has 15 heavy (non-hydrogen) atoms. The molecule has 1 saturated carbocycles. The highest BCUT2D eigenvalue weighted by molar-refractivity contribution is 6.30. The van der Waals surface area contributed by atoms with E-state index in [1.54, 1.807) is 0 Å². The van der Waals surface area contributed by atoms with Crippen molar-refractivity contribution in [1.29, 1.82) is 0 Å². The van der Waals surface area contributed by atoms with E-state index in [2.05, 4.69) is 16.9 Å². The van der Waals surface area contributed by atoms with Crippen molar-refractivity contribution >= 4 is 11.6 Å². The third-order valence-corrected chi connectivity index (χ3v) is 3.54. The minimum absolute atomic E-state index is 0.538. The highest BCUT2D eigenvalue weighted by Crippen LogP contribution is 2.46. The lowest BCUT2D eigenvalue weighted by molar-refractivity contribution is 0.108. The van der Waals surface area contributed by atoms with Gasteiger partial charge in [0.15, 0.2) is 0 Å². The SMILES string of the molecule is CC1CC1c1nc(Cl)c2c(n1)CCOC2. The van der Waals surface area contributed by atoms with Gasteiger partial charge in [-0.15, -0.1) is 0 Å². The van der Waals surface area contributed by atoms with Crippen LogP contribution in [0.15, 0.2) is 0 Å². The highest BCUT2D eigenvalue weighted by atomic mass is 35.5. The van der Waals surface area contributed by atoms with E-state index in [1.807, 2.05) is 0 Å². The number of rotatable bonds is 1. The molecule has 1 aromatic rings. The van der Waals surface area contributed by atoms with Crippen molar-refractivity contribution in [2.45, 2.75) is 32.3 Å². The summed E-state index contributed by atoms with van der Waals surface area (Å²) in [5.74, 6) is 2.20. The lowest BCUT2D eigenvalue weighted by atomic mass is 10.1. The maximum absolute atomic E-state index is 6.14. The molecular weight excluding hydrogens is 212 g/mol. The predicted molar refractivity (Wildman–Crippen MR) is 56.9 cm³/mol. The first-order chi connectivity index (χ1) is 7.25. The first kappa shape index (κ1) is 9.55. The molecule has 0 saturated heterocycles. The van der Waals surface area contributed by atoms with Gasteiger partial charge in [-0.1, -0.05) is 18.5 Å². The second-order valence-electron chi connectivity index (χ2n) is 4.42. The molecule has 1 aliphatic carbocycles. The summed E-state index contributed by atoms with van der Waals surface area (Å²) in [4.78, 5) is 8.98. The van der Waals surface area contributed by atoms with Crippen LogP contribution in [0.2, 0.25) is 5.15 Å². The molecule has 0 N–H and O–H groups in total. The summed E-state index contributed by atoms with van der Waals surface area (Å²) in [7, 11) is 0. The van der Waals surface area contributed by atoms with Crippen molar-refractivity contribution < 1.29 is 4.74 Å². The molecule has 2 unspecified atom stereocenters. The van der Waals surface area contributed by atoms with E-state index in [0.717, 1.165) is 36.0 Å². The Morgan fingerprint density at radius 1 is 1.40 bits per heavy atom. The fraction of sp³-hybridized carbons (Fsp3) is 0.636. The third kappa shape index (κ3) is 1.64. The number of hydrogen-bond donors (Lipinski definition) is 0. The largest absolute Gasteiger partial charge is 0.376 e. The van der Waals surface area contributed by atoms with Crippen LogP contribution in [-0.2, 0) is 17.8 Å². The zero-order chi connectivity index (χ0) is 10.4. The van der Waals surface area contributed by atoms with Crippen molar-refractivity contribution in [2.24, 2.45) is 5.92 Å². The molecule has 1 fully saturated rings. The van der Waals surface area contributed by atoms with Gasteiger partial charge in [0.2, 0.25) is 0 Å². The Morgan fingerprint density at radius 2 is 2.20 bits per heavy atom. The van der Waals surface area contributed by atoms with E-state index >= 15 is 0 Å². The average Bonchev–Trinajstić information content (AvgIpc) is 2.96. The summed E-state index contributed by atoms with van der Waals surface area (Å²) >= 11 is 6.14. The monoisotopic (exact) mass is 224 g/mol. The minimum atomic E-state index is 0.538. The van der Waals surface area contributed by atoms with E-state index in [4.69, 9.17) is 16.3 Å². The van der Waals surface area contributed by atoms with Gasteiger partial charge in [-0.25, -0.2) is 9.97 Å². The maximum Gasteiger partial charge on any atom is 0.138 e. The molecule has 4 heteroatoms. The van der Waals surface area contributed by atoms with Crippen LogP contribution < -0.4 is 0 Å². The summed E-state index contributed by atoms with van der Waals surface area (Å²) in [5, 5.41) is 0.591. The van der Waals surface area contributed by atoms with Gasteiger partial charge in [-0.2, -0.15) is 0 Å². The maximum atomic E-state index is 6.14. The molecule has 1 aliphatic heterocycles. The lowest BCUT2D eigenvalue weighted by Gasteiger charge is -2.17. The number of hydrogen-bond acceptors (Lipinski definition) is 3. The van der Waals surface area contributed by atoms with Gasteiger partial charge in [-0.3, -0.25) is 0 Å². The number of nitrogens with zero attached hydrogens (tertiary/aromatic N) is 2. The van der Waals surface area contributed by atoms with Crippen LogP contribution in [0.4, 0.5) is 0 Å². The van der Waals surface area contributed by atoms with Crippen LogP contribution in [0, 0.1) is 5.92 Å². The van der Waals surface area contributed by atoms with Gasteiger partial charge in [0.25, 0.3) is 0 Å². The quantitative estimate of drug-likeness (QED) is 0.687. The smallest absolute Gasteiger partial charge is 0.138 e. The average molecular weight is 225 g/mol. The van der Waals surface area contributed by atoms with Crippen molar-refractivity contribution in [3.05, 3.63) is 22.2 Å². The zero-order valence-corrected chi connectivity index (χ0v) is 9.42. The highest BCUT2D eigenvalue weighted by Gasteiger charge is 2.37. The van der Waals surface area contributed by atoms with Crippen molar-refractivity contribution in [1.82, 2.24) is 9.97 Å². The Labute approximate surface area is 93.8 Å². The lowest BCUT2D eigenvalue weighted by Crippen LogP contribution is -2.15. The van der Waals surface area contributed by atoms with Crippen molar-refractivity contribution in [3.8, 4) is 0 Å². The van der Waals surface area contributed by atoms with E-state index < -0.39 is 0 Å². The van der Waals surface area contributed by atoms with Crippen molar-refractivity contribution in [2.75, 3.05) is 6.61 Å². The standard InChI is InChI=1S/C11H13ClN2O/c1-6-4-7(6)11-13-9-2-3-15-5-8(9)10(12)14-11/h6-7H,2-5H2,1H3. The number of aromatic nitrogens is 2. The van der Waals surface area contributed by atoms with Gasteiger partial charge < -0.3 is 4.74 Å². The fourth-order valence-electron chi connectivity index (χ4n) is 2.06. The molecule has 0 radical (unpaired) electrons. The number of ether oxygens (including phenoxy) is 1. The molecule has 80 valence electrons. The first-order valence-electron chi connectivity index (χ1n) is 5.38. The Kier molecular flexibility index (Phi) is 2.18. The normalized spacial score (nSPS) is 28.7. The minimum Gasteiger partial charge on any atom is -0.376 e. The van der Waals surface area contributed by atoms with Crippen molar-refractivity contribution in [3.63, 3.8) is 0 Å². The molecule has 2 heterocycles. The molecule has 1 aromatic heterocycles. The summed E-state index contributed by atoms with van der Waals surface area (Å²) in [6.45, 7) is 3.54. The van der Waals surface area contributed by atoms with Gasteiger partial charge >= 0.3 is 0 Å². The first-order valence-corrected chi connectivity index (χ1v) is 5.76. The Morgan fingerprint density at radius 3 is 2.93 bits per heavy atom. The Hall–Kier alpha value is -0.670. The molecular formula is C11H13ClN2O. The van der Waals surface area contributed by atoms with Crippen LogP contribution in [0.1, 0.15) is 36.3 Å². The number of halogens is 1. The van der Waals surface area contributed by atoms with Crippen LogP contribution in [-0.4, -0.2) is 16.6 Å². The number of fused-ring (bicyclic) bond motifs is 1. The van der Waals surface area contributed by atoms with E-state index in [0.29, 0.717) is 17.7 Å². The van der Waals surface area contributed by atoms with Gasteiger partial charge in [0.05, 0.1) is 18.9 Å². The molecule has 0 amide bonds. The molecule has 3 rings (SSSR count).